The van der Waals surface area contributed by atoms with Crippen LogP contribution in [0.4, 0.5) is 0 Å². The summed E-state index contributed by atoms with van der Waals surface area (Å²) in [6, 6.07) is 14.3. The zero-order valence-corrected chi connectivity index (χ0v) is 13.9. The van der Waals surface area contributed by atoms with Crippen LogP contribution in [0.5, 0.6) is 0 Å². The summed E-state index contributed by atoms with van der Waals surface area (Å²) in [7, 11) is -3.38. The summed E-state index contributed by atoms with van der Waals surface area (Å²) < 4.78 is 26.3. The van der Waals surface area contributed by atoms with Gasteiger partial charge in [0.1, 0.15) is 0 Å². The second-order valence-corrected chi connectivity index (χ2v) is 8.50. The quantitative estimate of drug-likeness (QED) is 0.909. The van der Waals surface area contributed by atoms with Crippen LogP contribution in [0.3, 0.4) is 0 Å². The molecule has 0 heterocycles. The molecule has 1 aliphatic rings. The molecule has 2 aromatic carbocycles. The van der Waals surface area contributed by atoms with Gasteiger partial charge in [-0.3, -0.25) is 0 Å². The van der Waals surface area contributed by atoms with Gasteiger partial charge < -0.3 is 5.73 Å². The van der Waals surface area contributed by atoms with Crippen molar-refractivity contribution in [3.63, 3.8) is 0 Å². The van der Waals surface area contributed by atoms with Crippen molar-refractivity contribution in [2.45, 2.75) is 29.0 Å². The number of halogens is 1. The van der Waals surface area contributed by atoms with Crippen LogP contribution in [-0.4, -0.2) is 19.7 Å². The van der Waals surface area contributed by atoms with Gasteiger partial charge in [0.05, 0.1) is 10.1 Å². The highest BCUT2D eigenvalue weighted by Gasteiger charge is 2.57. The Hall–Kier alpha value is -1.17. The average Bonchev–Trinajstić information content (AvgIpc) is 3.12. The highest BCUT2D eigenvalue weighted by molar-refractivity contribution is 9.10. The van der Waals surface area contributed by atoms with E-state index in [1.165, 1.54) is 0 Å². The van der Waals surface area contributed by atoms with Crippen LogP contribution in [0.15, 0.2) is 57.9 Å². The zero-order chi connectivity index (χ0) is 15.2. The maximum absolute atomic E-state index is 12.7. The maximum Gasteiger partial charge on any atom is 0.183 e. The summed E-state index contributed by atoms with van der Waals surface area (Å²) in [6.45, 7) is 1.93. The fourth-order valence-electron chi connectivity index (χ4n) is 2.69. The lowest BCUT2D eigenvalue weighted by Crippen LogP contribution is -2.15. The molecule has 2 N–H and O–H groups in total. The van der Waals surface area contributed by atoms with E-state index in [4.69, 9.17) is 5.73 Å². The lowest BCUT2D eigenvalue weighted by atomic mass is 10.1. The molecule has 1 aliphatic carbocycles. The predicted molar refractivity (Wildman–Crippen MR) is 87.0 cm³/mol. The van der Waals surface area contributed by atoms with Gasteiger partial charge in [0.2, 0.25) is 0 Å². The van der Waals surface area contributed by atoms with E-state index < -0.39 is 15.1 Å². The fourth-order valence-corrected chi connectivity index (χ4v) is 5.00. The Morgan fingerprint density at radius 1 is 1.00 bits per heavy atom. The van der Waals surface area contributed by atoms with Crippen LogP contribution in [0.1, 0.15) is 17.0 Å². The molecule has 5 heteroatoms. The largest absolute Gasteiger partial charge is 0.326 e. The highest BCUT2D eigenvalue weighted by Crippen LogP contribution is 2.47. The zero-order valence-electron chi connectivity index (χ0n) is 11.5. The summed E-state index contributed by atoms with van der Waals surface area (Å²) in [6.07, 6.45) is 0. The van der Waals surface area contributed by atoms with E-state index in [9.17, 15) is 8.42 Å². The van der Waals surface area contributed by atoms with Gasteiger partial charge in [-0.15, -0.1) is 0 Å². The van der Waals surface area contributed by atoms with E-state index in [0.29, 0.717) is 4.90 Å². The average molecular weight is 366 g/mol. The van der Waals surface area contributed by atoms with Gasteiger partial charge in [-0.1, -0.05) is 45.8 Å². The first-order valence-corrected chi connectivity index (χ1v) is 9.07. The number of nitrogens with two attached hydrogens (primary N) is 1. The normalized spacial score (nSPS) is 24.8. The number of hydrogen-bond acceptors (Lipinski definition) is 3. The topological polar surface area (TPSA) is 60.2 Å². The highest BCUT2D eigenvalue weighted by atomic mass is 79.9. The van der Waals surface area contributed by atoms with Gasteiger partial charge in [-0.05, 0) is 36.8 Å². The smallest absolute Gasteiger partial charge is 0.183 e. The summed E-state index contributed by atoms with van der Waals surface area (Å²) >= 11 is 3.38. The molecule has 0 amide bonds. The Balaban J connectivity index is 1.91. The van der Waals surface area contributed by atoms with Crippen LogP contribution in [-0.2, 0) is 9.84 Å². The van der Waals surface area contributed by atoms with Crippen molar-refractivity contribution in [2.75, 3.05) is 0 Å². The molecule has 0 radical (unpaired) electrons. The number of benzene rings is 2. The molecule has 3 nitrogen and oxygen atoms in total. The SMILES string of the molecule is Cc1ccc(S(=O)(=O)[C@@H]2[C@@H](N)[C@H]2c2ccc(Br)cc2)cc1. The van der Waals surface area contributed by atoms with Gasteiger partial charge in [-0.25, -0.2) is 8.42 Å². The van der Waals surface area contributed by atoms with E-state index in [-0.39, 0.29) is 12.0 Å². The summed E-state index contributed by atoms with van der Waals surface area (Å²) in [5.41, 5.74) is 8.06. The molecule has 0 spiro atoms. The predicted octanol–water partition coefficient (Wildman–Crippen LogP) is 3.02. The van der Waals surface area contributed by atoms with Crippen molar-refractivity contribution in [3.8, 4) is 0 Å². The monoisotopic (exact) mass is 365 g/mol. The van der Waals surface area contributed by atoms with Gasteiger partial charge >= 0.3 is 0 Å². The molecule has 1 fully saturated rings. The summed E-state index contributed by atoms with van der Waals surface area (Å²) in [4.78, 5) is 0.355. The molecule has 0 unspecified atom stereocenters. The Morgan fingerprint density at radius 2 is 1.57 bits per heavy atom. The Kier molecular flexibility index (Phi) is 3.67. The first kappa shape index (κ1) is 14.8. The minimum Gasteiger partial charge on any atom is -0.326 e. The first-order chi connectivity index (χ1) is 9.91. The molecule has 21 heavy (non-hydrogen) atoms. The Labute approximate surface area is 133 Å². The maximum atomic E-state index is 12.7. The first-order valence-electron chi connectivity index (χ1n) is 6.73. The second kappa shape index (κ2) is 5.23. The third-order valence-corrected chi connectivity index (χ3v) is 6.75. The Bertz CT molecular complexity index is 754. The van der Waals surface area contributed by atoms with Crippen molar-refractivity contribution in [1.29, 1.82) is 0 Å². The third-order valence-electron chi connectivity index (χ3n) is 3.97. The van der Waals surface area contributed by atoms with Crippen LogP contribution >= 0.6 is 15.9 Å². The van der Waals surface area contributed by atoms with Crippen LogP contribution in [0.25, 0.3) is 0 Å². The van der Waals surface area contributed by atoms with Crippen LogP contribution in [0, 0.1) is 6.92 Å². The molecule has 2 aromatic rings. The van der Waals surface area contributed by atoms with E-state index in [1.54, 1.807) is 12.1 Å². The van der Waals surface area contributed by atoms with Crippen molar-refractivity contribution < 1.29 is 8.42 Å². The fraction of sp³-hybridized carbons (Fsp3) is 0.250. The molecular weight excluding hydrogens is 350 g/mol. The summed E-state index contributed by atoms with van der Waals surface area (Å²) in [5, 5.41) is -0.526. The van der Waals surface area contributed by atoms with E-state index in [2.05, 4.69) is 15.9 Å². The molecule has 0 bridgehead atoms. The molecular formula is C16H16BrNO2S. The number of sulfone groups is 1. The van der Waals surface area contributed by atoms with Crippen molar-refractivity contribution in [2.24, 2.45) is 5.73 Å². The summed E-state index contributed by atoms with van der Waals surface area (Å²) in [5.74, 6) is -0.121. The van der Waals surface area contributed by atoms with Gasteiger partial charge in [0.15, 0.2) is 9.84 Å². The lowest BCUT2D eigenvalue weighted by Gasteiger charge is -2.04. The number of rotatable bonds is 3. The number of hydrogen-bond donors (Lipinski definition) is 1. The van der Waals surface area contributed by atoms with E-state index in [1.807, 2.05) is 43.3 Å². The van der Waals surface area contributed by atoms with Gasteiger partial charge in [0, 0.05) is 16.4 Å². The second-order valence-electron chi connectivity index (χ2n) is 5.48. The van der Waals surface area contributed by atoms with Crippen LogP contribution in [0.2, 0.25) is 0 Å². The van der Waals surface area contributed by atoms with Crippen molar-refractivity contribution >= 4 is 25.8 Å². The molecule has 0 saturated heterocycles. The molecule has 0 aromatic heterocycles. The minimum atomic E-state index is -3.38. The van der Waals surface area contributed by atoms with Crippen molar-refractivity contribution in [1.82, 2.24) is 0 Å². The number of aryl methyl sites for hydroxylation is 1. The molecule has 1 saturated carbocycles. The van der Waals surface area contributed by atoms with Gasteiger partial charge in [-0.2, -0.15) is 0 Å². The minimum absolute atomic E-state index is 0.121. The standard InChI is InChI=1S/C16H16BrNO2S/c1-10-2-8-13(9-3-10)21(19,20)16-14(15(16)18)11-4-6-12(17)7-5-11/h2-9,14-16H,18H2,1H3/t14-,15+,16+/m1/s1. The third kappa shape index (κ3) is 2.65. The molecule has 110 valence electrons. The van der Waals surface area contributed by atoms with Gasteiger partial charge in [0.25, 0.3) is 0 Å². The molecule has 0 aliphatic heterocycles. The van der Waals surface area contributed by atoms with Crippen LogP contribution < -0.4 is 5.73 Å². The lowest BCUT2D eigenvalue weighted by molar-refractivity contribution is 0.593. The van der Waals surface area contributed by atoms with Crippen molar-refractivity contribution in [3.05, 3.63) is 64.1 Å². The van der Waals surface area contributed by atoms with E-state index in [0.717, 1.165) is 15.6 Å². The molecule has 3 atom stereocenters. The van der Waals surface area contributed by atoms with E-state index >= 15 is 0 Å². The molecule has 3 rings (SSSR count). The Morgan fingerprint density at radius 3 is 2.14 bits per heavy atom.